The third-order valence-electron chi connectivity index (χ3n) is 1.37. The third kappa shape index (κ3) is 2.26. The van der Waals surface area contributed by atoms with Crippen LogP contribution in [-0.2, 0) is 0 Å². The predicted molar refractivity (Wildman–Crippen MR) is 41.6 cm³/mol. The minimum atomic E-state index is 0.731. The lowest BCUT2D eigenvalue weighted by molar-refractivity contribution is 0.564. The molecule has 1 nitrogen and oxygen atoms in total. The van der Waals surface area contributed by atoms with Crippen molar-refractivity contribution in [1.29, 1.82) is 0 Å². The maximum atomic E-state index is 4.92. The summed E-state index contributed by atoms with van der Waals surface area (Å²) >= 11 is 0. The maximum absolute atomic E-state index is 4.92. The first kappa shape index (κ1) is 7.39. The van der Waals surface area contributed by atoms with Gasteiger partial charge in [0.1, 0.15) is 0 Å². The Labute approximate surface area is 62.1 Å². The fourth-order valence-electron chi connectivity index (χ4n) is 0.763. The molecule has 1 heteroatoms. The molecule has 0 saturated carbocycles. The van der Waals surface area contributed by atoms with Gasteiger partial charge in [-0.05, 0) is 30.4 Å². The molecule has 1 radical (unpaired) electrons. The van der Waals surface area contributed by atoms with Crippen LogP contribution in [0, 0.1) is 12.3 Å². The topological polar surface area (TPSA) is 13.1 Å². The van der Waals surface area contributed by atoms with E-state index in [9.17, 15) is 0 Å². The van der Waals surface area contributed by atoms with Gasteiger partial charge in [-0.1, -0.05) is 13.8 Å². The van der Waals surface area contributed by atoms with Gasteiger partial charge in [-0.15, -0.1) is 0 Å². The monoisotopic (exact) mass is 137 g/mol. The van der Waals surface area contributed by atoms with E-state index in [4.69, 9.17) is 4.42 Å². The molecular weight excluding hydrogens is 124 g/mol. The van der Waals surface area contributed by atoms with Gasteiger partial charge in [0.05, 0.1) is 12.5 Å². The Balaban J connectivity index is 2.28. The van der Waals surface area contributed by atoms with Crippen molar-refractivity contribution in [3.63, 3.8) is 0 Å². The first-order chi connectivity index (χ1) is 4.79. The summed E-state index contributed by atoms with van der Waals surface area (Å²) in [5, 5.41) is 0. The van der Waals surface area contributed by atoms with Crippen LogP contribution in [0.2, 0.25) is 0 Å². The zero-order valence-electron chi connectivity index (χ0n) is 6.50. The van der Waals surface area contributed by atoms with Gasteiger partial charge >= 0.3 is 0 Å². The highest BCUT2D eigenvalue weighted by molar-refractivity contribution is 5.15. The molecule has 1 heterocycles. The highest BCUT2D eigenvalue weighted by atomic mass is 16.3. The summed E-state index contributed by atoms with van der Waals surface area (Å²) in [6.07, 6.45) is 6.78. The van der Waals surface area contributed by atoms with E-state index in [2.05, 4.69) is 20.3 Å². The lowest BCUT2D eigenvalue weighted by Gasteiger charge is -1.99. The van der Waals surface area contributed by atoms with Gasteiger partial charge in [-0.3, -0.25) is 0 Å². The summed E-state index contributed by atoms with van der Waals surface area (Å²) in [6, 6.07) is 1.97. The summed E-state index contributed by atoms with van der Waals surface area (Å²) in [5.74, 6) is 0.731. The molecule has 1 rings (SSSR count). The summed E-state index contributed by atoms with van der Waals surface area (Å²) in [7, 11) is 0. The standard InChI is InChI=1S/C9H13O/c1-8(2)3-4-9-5-6-10-7-9/h4-8H,3H2,1-2H3. The minimum absolute atomic E-state index is 0.731. The Morgan fingerprint density at radius 2 is 2.40 bits per heavy atom. The predicted octanol–water partition coefficient (Wildman–Crippen LogP) is 2.88. The fourth-order valence-corrected chi connectivity index (χ4v) is 0.763. The largest absolute Gasteiger partial charge is 0.472 e. The van der Waals surface area contributed by atoms with Gasteiger partial charge in [-0.25, -0.2) is 0 Å². The SMILES string of the molecule is CC(C)C[CH]c1ccoc1. The Morgan fingerprint density at radius 3 is 2.90 bits per heavy atom. The van der Waals surface area contributed by atoms with Gasteiger partial charge in [0.15, 0.2) is 0 Å². The smallest absolute Gasteiger partial charge is 0.0937 e. The highest BCUT2D eigenvalue weighted by Crippen LogP contribution is 2.10. The summed E-state index contributed by atoms with van der Waals surface area (Å²) < 4.78 is 4.92. The molecule has 0 spiro atoms. The van der Waals surface area contributed by atoms with Crippen molar-refractivity contribution in [2.45, 2.75) is 20.3 Å². The van der Waals surface area contributed by atoms with E-state index < -0.39 is 0 Å². The molecule has 0 aliphatic carbocycles. The number of hydrogen-bond donors (Lipinski definition) is 0. The molecule has 0 aromatic carbocycles. The Hall–Kier alpha value is -0.720. The van der Waals surface area contributed by atoms with E-state index in [0.717, 1.165) is 12.3 Å². The van der Waals surface area contributed by atoms with Crippen molar-refractivity contribution < 1.29 is 4.42 Å². The zero-order chi connectivity index (χ0) is 7.40. The minimum Gasteiger partial charge on any atom is -0.472 e. The molecule has 0 N–H and O–H groups in total. The molecule has 0 aliphatic heterocycles. The molecule has 0 fully saturated rings. The lowest BCUT2D eigenvalue weighted by Crippen LogP contribution is -1.87. The average molecular weight is 137 g/mol. The molecule has 0 unspecified atom stereocenters. The van der Waals surface area contributed by atoms with Gasteiger partial charge < -0.3 is 4.42 Å². The quantitative estimate of drug-likeness (QED) is 0.624. The molecule has 1 aromatic rings. The van der Waals surface area contributed by atoms with Crippen molar-refractivity contribution in [3.8, 4) is 0 Å². The molecule has 55 valence electrons. The molecule has 0 atom stereocenters. The molecular formula is C9H13O. The van der Waals surface area contributed by atoms with E-state index in [1.807, 2.05) is 6.07 Å². The molecule has 10 heavy (non-hydrogen) atoms. The van der Waals surface area contributed by atoms with Crippen LogP contribution < -0.4 is 0 Å². The van der Waals surface area contributed by atoms with Gasteiger partial charge in [0.2, 0.25) is 0 Å². The maximum Gasteiger partial charge on any atom is 0.0937 e. The van der Waals surface area contributed by atoms with Crippen LogP contribution in [0.1, 0.15) is 25.8 Å². The molecule has 0 saturated heterocycles. The van der Waals surface area contributed by atoms with E-state index in [1.54, 1.807) is 12.5 Å². The highest BCUT2D eigenvalue weighted by Gasteiger charge is 1.96. The van der Waals surface area contributed by atoms with Crippen LogP contribution in [0.15, 0.2) is 23.0 Å². The lowest BCUT2D eigenvalue weighted by atomic mass is 10.1. The van der Waals surface area contributed by atoms with Crippen molar-refractivity contribution in [1.82, 2.24) is 0 Å². The van der Waals surface area contributed by atoms with Crippen molar-refractivity contribution in [2.75, 3.05) is 0 Å². The van der Waals surface area contributed by atoms with Crippen LogP contribution in [-0.4, -0.2) is 0 Å². The van der Waals surface area contributed by atoms with E-state index in [1.165, 1.54) is 5.56 Å². The number of furan rings is 1. The molecule has 0 bridgehead atoms. The number of rotatable bonds is 3. The summed E-state index contributed by atoms with van der Waals surface area (Å²) in [5.41, 5.74) is 1.19. The van der Waals surface area contributed by atoms with Crippen LogP contribution in [0.25, 0.3) is 0 Å². The third-order valence-corrected chi connectivity index (χ3v) is 1.37. The first-order valence-electron chi connectivity index (χ1n) is 3.64. The second-order valence-electron chi connectivity index (χ2n) is 2.89. The van der Waals surface area contributed by atoms with Crippen LogP contribution >= 0.6 is 0 Å². The second kappa shape index (κ2) is 3.45. The van der Waals surface area contributed by atoms with E-state index >= 15 is 0 Å². The van der Waals surface area contributed by atoms with Crippen LogP contribution in [0.3, 0.4) is 0 Å². The Kier molecular flexibility index (Phi) is 2.55. The van der Waals surface area contributed by atoms with Gasteiger partial charge in [0, 0.05) is 0 Å². The Bertz CT molecular complexity index is 163. The van der Waals surface area contributed by atoms with Gasteiger partial charge in [-0.2, -0.15) is 0 Å². The second-order valence-corrected chi connectivity index (χ2v) is 2.89. The van der Waals surface area contributed by atoms with Crippen molar-refractivity contribution in [2.24, 2.45) is 5.92 Å². The number of hydrogen-bond acceptors (Lipinski definition) is 1. The molecule has 0 aliphatic rings. The Morgan fingerprint density at radius 1 is 1.60 bits per heavy atom. The van der Waals surface area contributed by atoms with Gasteiger partial charge in [0.25, 0.3) is 0 Å². The summed E-state index contributed by atoms with van der Waals surface area (Å²) in [4.78, 5) is 0. The molecule has 1 aromatic heterocycles. The van der Waals surface area contributed by atoms with Crippen molar-refractivity contribution >= 4 is 0 Å². The van der Waals surface area contributed by atoms with E-state index in [-0.39, 0.29) is 0 Å². The normalized spacial score (nSPS) is 10.7. The van der Waals surface area contributed by atoms with Crippen LogP contribution in [0.4, 0.5) is 0 Å². The molecule has 0 amide bonds. The summed E-state index contributed by atoms with van der Waals surface area (Å²) in [6.45, 7) is 4.41. The zero-order valence-corrected chi connectivity index (χ0v) is 6.50. The van der Waals surface area contributed by atoms with E-state index in [0.29, 0.717) is 0 Å². The van der Waals surface area contributed by atoms with Crippen molar-refractivity contribution in [3.05, 3.63) is 30.6 Å². The average Bonchev–Trinajstić information content (AvgIpc) is 2.34. The van der Waals surface area contributed by atoms with Crippen LogP contribution in [0.5, 0.6) is 0 Å². The first-order valence-corrected chi connectivity index (χ1v) is 3.64. The fraction of sp³-hybridized carbons (Fsp3) is 0.444.